The van der Waals surface area contributed by atoms with Gasteiger partial charge >= 0.3 is 5.97 Å². The fourth-order valence-corrected chi connectivity index (χ4v) is 6.75. The maximum Gasteiger partial charge on any atom is 0.338 e. The van der Waals surface area contributed by atoms with Gasteiger partial charge in [0.05, 0.1) is 24.3 Å². The smallest absolute Gasteiger partial charge is 0.338 e. The van der Waals surface area contributed by atoms with Gasteiger partial charge in [-0.3, -0.25) is 9.69 Å². The molecule has 1 N–H and O–H groups in total. The summed E-state index contributed by atoms with van der Waals surface area (Å²) in [6.07, 6.45) is -0.866. The van der Waals surface area contributed by atoms with Crippen LogP contribution in [0.4, 0.5) is 0 Å². The first kappa shape index (κ1) is 27.0. The summed E-state index contributed by atoms with van der Waals surface area (Å²) in [5, 5.41) is 11.0. The highest BCUT2D eigenvalue weighted by Gasteiger charge is 2.36. The SMILES string of the molecule is CC(C)(C(=O)c1ccc(SCCOC(=O)c2cccc3c2C(O)c2ccccc2S3)cc1)N1CCOCC1. The summed E-state index contributed by atoms with van der Waals surface area (Å²) in [5.41, 5.74) is 1.90. The number of aliphatic hydroxyl groups excluding tert-OH is 1. The molecule has 0 aromatic heterocycles. The lowest BCUT2D eigenvalue weighted by Gasteiger charge is -2.39. The number of morpholine rings is 1. The van der Waals surface area contributed by atoms with Crippen molar-refractivity contribution in [2.24, 2.45) is 0 Å². The van der Waals surface area contributed by atoms with Gasteiger partial charge in [0.15, 0.2) is 5.78 Å². The molecular formula is C30H31NO5S2. The molecule has 1 atom stereocenters. The summed E-state index contributed by atoms with van der Waals surface area (Å²) < 4.78 is 11.0. The van der Waals surface area contributed by atoms with Gasteiger partial charge in [0, 0.05) is 44.7 Å². The number of aliphatic hydroxyl groups is 1. The molecule has 2 aliphatic heterocycles. The Labute approximate surface area is 231 Å². The predicted molar refractivity (Wildman–Crippen MR) is 149 cm³/mol. The summed E-state index contributed by atoms with van der Waals surface area (Å²) in [4.78, 5) is 31.1. The van der Waals surface area contributed by atoms with Gasteiger partial charge in [-0.15, -0.1) is 11.8 Å². The summed E-state index contributed by atoms with van der Waals surface area (Å²) in [7, 11) is 0. The van der Waals surface area contributed by atoms with Gasteiger partial charge in [-0.25, -0.2) is 4.79 Å². The third kappa shape index (κ3) is 5.55. The van der Waals surface area contributed by atoms with Crippen molar-refractivity contribution in [1.82, 2.24) is 4.90 Å². The molecule has 0 amide bonds. The number of fused-ring (bicyclic) bond motifs is 2. The standard InChI is InChI=1S/C30H31NO5S2/c1-30(2,31-14-16-35-17-15-31)28(33)20-10-12-21(13-11-20)37-19-18-36-29(34)23-7-5-9-25-26(23)27(32)22-6-3-4-8-24(22)38-25/h3-13,27,32H,14-19H2,1-2H3. The van der Waals surface area contributed by atoms with Crippen LogP contribution in [0.3, 0.4) is 0 Å². The van der Waals surface area contributed by atoms with E-state index in [1.807, 2.05) is 74.5 Å². The monoisotopic (exact) mass is 549 g/mol. The number of rotatable bonds is 8. The summed E-state index contributed by atoms with van der Waals surface area (Å²) in [6.45, 7) is 6.98. The fraction of sp³-hybridized carbons (Fsp3) is 0.333. The number of carbonyl (C=O) groups excluding carboxylic acids is 2. The Morgan fingerprint density at radius 1 is 1.03 bits per heavy atom. The van der Waals surface area contributed by atoms with Gasteiger partial charge in [-0.05, 0) is 49.7 Å². The van der Waals surface area contributed by atoms with E-state index in [1.165, 1.54) is 0 Å². The van der Waals surface area contributed by atoms with Gasteiger partial charge in [-0.2, -0.15) is 0 Å². The number of esters is 1. The summed E-state index contributed by atoms with van der Waals surface area (Å²) in [6, 6.07) is 20.7. The molecule has 0 bridgehead atoms. The second-order valence-corrected chi connectivity index (χ2v) is 12.0. The third-order valence-electron chi connectivity index (χ3n) is 7.05. The largest absolute Gasteiger partial charge is 0.461 e. The Bertz CT molecular complexity index is 1320. The van der Waals surface area contributed by atoms with E-state index in [0.29, 0.717) is 35.7 Å². The Balaban J connectivity index is 1.15. The van der Waals surface area contributed by atoms with Crippen LogP contribution in [0.5, 0.6) is 0 Å². The molecule has 0 spiro atoms. The molecule has 2 aliphatic rings. The number of Topliss-reactive ketones (excluding diaryl/α,β-unsaturated/α-hetero) is 1. The zero-order valence-electron chi connectivity index (χ0n) is 21.5. The highest BCUT2D eigenvalue weighted by molar-refractivity contribution is 7.99. The quantitative estimate of drug-likeness (QED) is 0.171. The van der Waals surface area contributed by atoms with Crippen LogP contribution in [-0.4, -0.2) is 66.0 Å². The van der Waals surface area contributed by atoms with Gasteiger partial charge in [0.1, 0.15) is 12.7 Å². The van der Waals surface area contributed by atoms with E-state index in [4.69, 9.17) is 9.47 Å². The van der Waals surface area contributed by atoms with Crippen LogP contribution < -0.4 is 0 Å². The number of nitrogens with zero attached hydrogens (tertiary/aromatic N) is 1. The van der Waals surface area contributed by atoms with Crippen LogP contribution in [0.15, 0.2) is 81.4 Å². The van der Waals surface area contributed by atoms with Crippen LogP contribution in [0, 0.1) is 0 Å². The van der Waals surface area contributed by atoms with Crippen LogP contribution in [0.1, 0.15) is 51.8 Å². The van der Waals surface area contributed by atoms with Crippen molar-refractivity contribution in [2.75, 3.05) is 38.7 Å². The lowest BCUT2D eigenvalue weighted by Crippen LogP contribution is -2.54. The zero-order valence-corrected chi connectivity index (χ0v) is 23.1. The zero-order chi connectivity index (χ0) is 26.7. The number of thioether (sulfide) groups is 1. The number of ketones is 1. The van der Waals surface area contributed by atoms with Gasteiger partial charge in [-0.1, -0.05) is 48.2 Å². The molecule has 0 saturated carbocycles. The number of hydrogen-bond acceptors (Lipinski definition) is 8. The van der Waals surface area contributed by atoms with Crippen molar-refractivity contribution in [2.45, 2.75) is 40.2 Å². The summed E-state index contributed by atoms with van der Waals surface area (Å²) >= 11 is 3.12. The van der Waals surface area contributed by atoms with Crippen molar-refractivity contribution in [1.29, 1.82) is 0 Å². The van der Waals surface area contributed by atoms with Crippen molar-refractivity contribution in [3.05, 3.63) is 89.0 Å². The van der Waals surface area contributed by atoms with E-state index in [2.05, 4.69) is 4.90 Å². The number of ether oxygens (including phenoxy) is 2. The minimum Gasteiger partial charge on any atom is -0.461 e. The van der Waals surface area contributed by atoms with E-state index in [9.17, 15) is 14.7 Å². The number of carbonyl (C=O) groups is 2. The van der Waals surface area contributed by atoms with E-state index in [-0.39, 0.29) is 12.4 Å². The highest BCUT2D eigenvalue weighted by atomic mass is 32.2. The van der Waals surface area contributed by atoms with E-state index >= 15 is 0 Å². The minimum absolute atomic E-state index is 0.0963. The molecule has 3 aromatic carbocycles. The highest BCUT2D eigenvalue weighted by Crippen LogP contribution is 2.46. The van der Waals surface area contributed by atoms with Crippen LogP contribution in [0.2, 0.25) is 0 Å². The van der Waals surface area contributed by atoms with Crippen LogP contribution in [0.25, 0.3) is 0 Å². The molecular weight excluding hydrogens is 518 g/mol. The predicted octanol–water partition coefficient (Wildman–Crippen LogP) is 5.48. The van der Waals surface area contributed by atoms with Crippen molar-refractivity contribution in [3.63, 3.8) is 0 Å². The number of benzene rings is 3. The molecule has 8 heteroatoms. The minimum atomic E-state index is -0.866. The Morgan fingerprint density at radius 2 is 1.74 bits per heavy atom. The van der Waals surface area contributed by atoms with Crippen LogP contribution >= 0.6 is 23.5 Å². The molecule has 198 valence electrons. The molecule has 1 unspecified atom stereocenters. The van der Waals surface area contributed by atoms with Gasteiger partial charge in [0.25, 0.3) is 0 Å². The third-order valence-corrected chi connectivity index (χ3v) is 9.20. The first-order chi connectivity index (χ1) is 18.4. The molecule has 2 heterocycles. The van der Waals surface area contributed by atoms with Crippen molar-refractivity contribution in [3.8, 4) is 0 Å². The molecule has 1 saturated heterocycles. The van der Waals surface area contributed by atoms with Crippen molar-refractivity contribution < 1.29 is 24.2 Å². The van der Waals surface area contributed by atoms with E-state index < -0.39 is 17.6 Å². The van der Waals surface area contributed by atoms with E-state index in [0.717, 1.165) is 33.3 Å². The molecule has 6 nitrogen and oxygen atoms in total. The number of hydrogen-bond donors (Lipinski definition) is 1. The molecule has 38 heavy (non-hydrogen) atoms. The fourth-order valence-electron chi connectivity index (χ4n) is 4.86. The molecule has 0 radical (unpaired) electrons. The molecule has 3 aromatic rings. The van der Waals surface area contributed by atoms with Gasteiger partial charge in [0.2, 0.25) is 0 Å². The first-order valence-corrected chi connectivity index (χ1v) is 14.5. The van der Waals surface area contributed by atoms with E-state index in [1.54, 1.807) is 29.6 Å². The maximum atomic E-state index is 13.2. The van der Waals surface area contributed by atoms with Crippen LogP contribution in [-0.2, 0) is 9.47 Å². The molecule has 0 aliphatic carbocycles. The maximum absolute atomic E-state index is 13.2. The van der Waals surface area contributed by atoms with Crippen molar-refractivity contribution >= 4 is 35.3 Å². The average Bonchev–Trinajstić information content (AvgIpc) is 2.95. The topological polar surface area (TPSA) is 76.1 Å². The second kappa shape index (κ2) is 11.6. The molecule has 1 fully saturated rings. The molecule has 5 rings (SSSR count). The summed E-state index contributed by atoms with van der Waals surface area (Å²) in [5.74, 6) is 0.236. The van der Waals surface area contributed by atoms with Gasteiger partial charge < -0.3 is 14.6 Å². The Hall–Kier alpha value is -2.62. The second-order valence-electron chi connectivity index (χ2n) is 9.76. The lowest BCUT2D eigenvalue weighted by molar-refractivity contribution is -0.00430. The normalized spacial score (nSPS) is 17.4. The Morgan fingerprint density at radius 3 is 2.50 bits per heavy atom. The Kier molecular flexibility index (Phi) is 8.26. The average molecular weight is 550 g/mol. The lowest BCUT2D eigenvalue weighted by atomic mass is 9.91. The first-order valence-electron chi connectivity index (χ1n) is 12.7.